The number of fused-ring (bicyclic) bond motifs is 2. The van der Waals surface area contributed by atoms with E-state index in [1.54, 1.807) is 0 Å². The van der Waals surface area contributed by atoms with Crippen molar-refractivity contribution in [2.45, 2.75) is 12.8 Å². The van der Waals surface area contributed by atoms with E-state index >= 15 is 0 Å². The molecule has 0 unspecified atom stereocenters. The molecule has 0 spiro atoms. The van der Waals surface area contributed by atoms with E-state index in [9.17, 15) is 5.26 Å². The minimum Gasteiger partial charge on any atom is -0.348 e. The summed E-state index contributed by atoms with van der Waals surface area (Å²) < 4.78 is 0. The number of allylic oxidation sites excluding steroid dienone is 1. The Bertz CT molecular complexity index is 982. The van der Waals surface area contributed by atoms with Gasteiger partial charge in [-0.2, -0.15) is 5.26 Å². The molecule has 0 fully saturated rings. The molecule has 3 nitrogen and oxygen atoms in total. The number of anilines is 1. The number of nitrogens with zero attached hydrogens (tertiary/aromatic N) is 3. The van der Waals surface area contributed by atoms with Gasteiger partial charge in [-0.25, -0.2) is 4.98 Å². The van der Waals surface area contributed by atoms with Gasteiger partial charge in [-0.15, -0.1) is 0 Å². The summed E-state index contributed by atoms with van der Waals surface area (Å²) in [4.78, 5) is 6.98. The van der Waals surface area contributed by atoms with Crippen molar-refractivity contribution in [1.82, 2.24) is 4.98 Å². The lowest BCUT2D eigenvalue weighted by Gasteiger charge is -2.31. The van der Waals surface area contributed by atoms with Gasteiger partial charge < -0.3 is 4.90 Å². The van der Waals surface area contributed by atoms with Gasteiger partial charge >= 0.3 is 0 Å². The predicted octanol–water partition coefficient (Wildman–Crippen LogP) is 4.72. The number of hydrogen-bond donors (Lipinski definition) is 0. The third-order valence-corrected chi connectivity index (χ3v) is 4.53. The van der Waals surface area contributed by atoms with E-state index in [-0.39, 0.29) is 5.92 Å². The maximum Gasteiger partial charge on any atom is 0.102 e. The van der Waals surface area contributed by atoms with Crippen molar-refractivity contribution in [2.75, 3.05) is 11.4 Å². The number of para-hydroxylation sites is 2. The lowest BCUT2D eigenvalue weighted by Crippen LogP contribution is -2.23. The van der Waals surface area contributed by atoms with E-state index in [0.29, 0.717) is 0 Å². The minimum absolute atomic E-state index is 0.294. The second kappa shape index (κ2) is 5.82. The summed E-state index contributed by atoms with van der Waals surface area (Å²) in [6.45, 7) is 2.97. The Labute approximate surface area is 141 Å². The predicted molar refractivity (Wildman–Crippen MR) is 97.5 cm³/mol. The highest BCUT2D eigenvalue weighted by Gasteiger charge is 2.28. The van der Waals surface area contributed by atoms with Crippen LogP contribution in [0.3, 0.4) is 0 Å². The molecule has 1 aliphatic rings. The van der Waals surface area contributed by atoms with Crippen LogP contribution in [-0.4, -0.2) is 11.5 Å². The normalized spacial score (nSPS) is 16.4. The fraction of sp³-hybridized carbons (Fsp3) is 0.143. The van der Waals surface area contributed by atoms with Crippen molar-refractivity contribution in [3.8, 4) is 6.07 Å². The molecule has 0 bridgehead atoms. The van der Waals surface area contributed by atoms with Crippen molar-refractivity contribution < 1.29 is 0 Å². The molecular formula is C21H17N3. The van der Waals surface area contributed by atoms with Crippen molar-refractivity contribution >= 4 is 22.2 Å². The third kappa shape index (κ3) is 2.24. The standard InChI is InChI=1S/C21H17N3/c1-2-24-14-18(17(13-22)16-8-4-6-10-21(16)24)20-12-11-15-7-3-5-9-19(15)23-20/h3-12,14,17H,2H2,1H3/t17-/m1/s1. The van der Waals surface area contributed by atoms with E-state index < -0.39 is 0 Å². The summed E-state index contributed by atoms with van der Waals surface area (Å²) in [6.07, 6.45) is 2.08. The summed E-state index contributed by atoms with van der Waals surface area (Å²) in [5, 5.41) is 10.9. The van der Waals surface area contributed by atoms with Gasteiger partial charge in [0.15, 0.2) is 0 Å². The lowest BCUT2D eigenvalue weighted by atomic mass is 9.86. The van der Waals surface area contributed by atoms with Gasteiger partial charge in [0.05, 0.1) is 17.3 Å². The fourth-order valence-corrected chi connectivity index (χ4v) is 3.31. The smallest absolute Gasteiger partial charge is 0.102 e. The highest BCUT2D eigenvalue weighted by atomic mass is 15.1. The Kier molecular flexibility index (Phi) is 3.51. The molecule has 0 saturated carbocycles. The zero-order valence-corrected chi connectivity index (χ0v) is 13.5. The second-order valence-electron chi connectivity index (χ2n) is 5.88. The highest BCUT2D eigenvalue weighted by Crippen LogP contribution is 2.41. The first-order valence-corrected chi connectivity index (χ1v) is 8.15. The van der Waals surface area contributed by atoms with Crippen molar-refractivity contribution in [2.24, 2.45) is 0 Å². The molecule has 4 rings (SSSR count). The second-order valence-corrected chi connectivity index (χ2v) is 5.88. The lowest BCUT2D eigenvalue weighted by molar-refractivity contribution is 0.947. The van der Waals surface area contributed by atoms with E-state index in [1.807, 2.05) is 42.5 Å². The van der Waals surface area contributed by atoms with Crippen LogP contribution in [0.2, 0.25) is 0 Å². The van der Waals surface area contributed by atoms with Gasteiger partial charge in [0.1, 0.15) is 5.92 Å². The molecule has 2 heterocycles. The van der Waals surface area contributed by atoms with Gasteiger partial charge in [0.25, 0.3) is 0 Å². The molecular weight excluding hydrogens is 294 g/mol. The average molecular weight is 311 g/mol. The number of nitriles is 1. The van der Waals surface area contributed by atoms with Gasteiger partial charge in [-0.05, 0) is 30.7 Å². The third-order valence-electron chi connectivity index (χ3n) is 4.53. The zero-order chi connectivity index (χ0) is 16.5. The zero-order valence-electron chi connectivity index (χ0n) is 13.5. The Balaban J connectivity index is 1.89. The molecule has 3 heteroatoms. The van der Waals surface area contributed by atoms with Crippen LogP contribution < -0.4 is 4.90 Å². The molecule has 1 aromatic heterocycles. The quantitative estimate of drug-likeness (QED) is 0.687. The maximum atomic E-state index is 9.80. The Hall–Kier alpha value is -3.12. The van der Waals surface area contributed by atoms with E-state index in [1.165, 1.54) is 0 Å². The largest absolute Gasteiger partial charge is 0.348 e. The molecule has 1 aliphatic heterocycles. The number of hydrogen-bond acceptors (Lipinski definition) is 3. The first kappa shape index (κ1) is 14.5. The Morgan fingerprint density at radius 3 is 2.67 bits per heavy atom. The van der Waals surface area contributed by atoms with Gasteiger partial charge in [-0.1, -0.05) is 42.5 Å². The maximum absolute atomic E-state index is 9.80. The first-order chi connectivity index (χ1) is 11.8. The van der Waals surface area contributed by atoms with E-state index in [2.05, 4.69) is 42.3 Å². The first-order valence-electron chi connectivity index (χ1n) is 8.15. The average Bonchev–Trinajstić information content (AvgIpc) is 2.66. The molecule has 116 valence electrons. The van der Waals surface area contributed by atoms with Gasteiger partial charge in [0, 0.05) is 29.4 Å². The van der Waals surface area contributed by atoms with Crippen LogP contribution in [0.25, 0.3) is 16.5 Å². The molecule has 2 aromatic carbocycles. The van der Waals surface area contributed by atoms with Crippen molar-refractivity contribution in [3.63, 3.8) is 0 Å². The molecule has 1 atom stereocenters. The molecule has 0 N–H and O–H groups in total. The fourth-order valence-electron chi connectivity index (χ4n) is 3.31. The van der Waals surface area contributed by atoms with Crippen LogP contribution in [0.4, 0.5) is 5.69 Å². The molecule has 0 aliphatic carbocycles. The SMILES string of the molecule is CCN1C=C(c2ccc3ccccc3n2)[C@H](C#N)c2ccccc21. The number of rotatable bonds is 2. The topological polar surface area (TPSA) is 39.9 Å². The van der Waals surface area contributed by atoms with Crippen LogP contribution >= 0.6 is 0 Å². The summed E-state index contributed by atoms with van der Waals surface area (Å²) in [5.41, 5.74) is 4.94. The molecule has 3 aromatic rings. The summed E-state index contributed by atoms with van der Waals surface area (Å²) in [6, 6.07) is 22.7. The van der Waals surface area contributed by atoms with Gasteiger partial charge in [0.2, 0.25) is 0 Å². The molecule has 0 saturated heterocycles. The van der Waals surface area contributed by atoms with Gasteiger partial charge in [-0.3, -0.25) is 0 Å². The summed E-state index contributed by atoms with van der Waals surface area (Å²) in [5.74, 6) is -0.294. The van der Waals surface area contributed by atoms with Crippen LogP contribution in [0.1, 0.15) is 24.1 Å². The van der Waals surface area contributed by atoms with Crippen LogP contribution in [-0.2, 0) is 0 Å². The van der Waals surface area contributed by atoms with E-state index in [4.69, 9.17) is 4.98 Å². The number of pyridine rings is 1. The van der Waals surface area contributed by atoms with Crippen molar-refractivity contribution in [1.29, 1.82) is 5.26 Å². The number of aromatic nitrogens is 1. The number of benzene rings is 2. The Morgan fingerprint density at radius 1 is 1.04 bits per heavy atom. The Morgan fingerprint density at radius 2 is 1.83 bits per heavy atom. The summed E-state index contributed by atoms with van der Waals surface area (Å²) >= 11 is 0. The molecule has 0 amide bonds. The molecule has 24 heavy (non-hydrogen) atoms. The van der Waals surface area contributed by atoms with Crippen LogP contribution in [0.5, 0.6) is 0 Å². The van der Waals surface area contributed by atoms with Crippen molar-refractivity contribution in [3.05, 3.63) is 78.1 Å². The van der Waals surface area contributed by atoms with E-state index in [0.717, 1.165) is 40.0 Å². The van der Waals surface area contributed by atoms with Crippen LogP contribution in [0, 0.1) is 11.3 Å². The van der Waals surface area contributed by atoms with Crippen LogP contribution in [0.15, 0.2) is 66.9 Å². The summed E-state index contributed by atoms with van der Waals surface area (Å²) in [7, 11) is 0. The molecule has 0 radical (unpaired) electrons. The highest BCUT2D eigenvalue weighted by molar-refractivity contribution is 5.85. The minimum atomic E-state index is -0.294. The monoisotopic (exact) mass is 311 g/mol.